The average Bonchev–Trinajstić information content (AvgIpc) is 2.87. The van der Waals surface area contributed by atoms with Crippen molar-refractivity contribution in [2.24, 2.45) is 0 Å². The summed E-state index contributed by atoms with van der Waals surface area (Å²) in [6.45, 7) is 8.35. The van der Waals surface area contributed by atoms with Crippen LogP contribution >= 0.6 is 0 Å². The van der Waals surface area contributed by atoms with Crippen molar-refractivity contribution in [2.75, 3.05) is 46.1 Å². The number of hydrogen-bond donors (Lipinski definition) is 2. The van der Waals surface area contributed by atoms with Crippen LogP contribution in [0, 0.1) is 0 Å². The average molecular weight is 466 g/mol. The van der Waals surface area contributed by atoms with Crippen LogP contribution in [0.4, 0.5) is 0 Å². The fourth-order valence-corrected chi connectivity index (χ4v) is 3.91. The third-order valence-electron chi connectivity index (χ3n) is 5.82. The van der Waals surface area contributed by atoms with Gasteiger partial charge < -0.3 is 24.5 Å². The first kappa shape index (κ1) is 23.9. The van der Waals surface area contributed by atoms with Gasteiger partial charge in [-0.1, -0.05) is 30.3 Å². The van der Waals surface area contributed by atoms with Gasteiger partial charge in [0, 0.05) is 32.4 Å². The molecule has 34 heavy (non-hydrogen) atoms. The maximum Gasteiger partial charge on any atom is 0.257 e. The van der Waals surface area contributed by atoms with Gasteiger partial charge in [-0.05, 0) is 30.2 Å². The Morgan fingerprint density at radius 2 is 1.88 bits per heavy atom. The van der Waals surface area contributed by atoms with Crippen LogP contribution in [0.15, 0.2) is 53.5 Å². The molecule has 1 aliphatic heterocycles. The number of morpholine rings is 1. The molecule has 0 spiro atoms. The second-order valence-electron chi connectivity index (χ2n) is 8.15. The van der Waals surface area contributed by atoms with E-state index in [2.05, 4.69) is 15.2 Å². The number of carbonyl (C=O) groups is 1. The van der Waals surface area contributed by atoms with E-state index in [0.29, 0.717) is 43.0 Å². The van der Waals surface area contributed by atoms with Crippen molar-refractivity contribution in [3.8, 4) is 5.75 Å². The molecule has 8 nitrogen and oxygen atoms in total. The number of ether oxygens (including phenoxy) is 3. The second-order valence-corrected chi connectivity index (χ2v) is 8.15. The first-order valence-corrected chi connectivity index (χ1v) is 11.7. The Morgan fingerprint density at radius 1 is 1.12 bits per heavy atom. The smallest absolute Gasteiger partial charge is 0.257 e. The number of benzene rings is 2. The third-order valence-corrected chi connectivity index (χ3v) is 5.82. The van der Waals surface area contributed by atoms with Crippen LogP contribution in [0.1, 0.15) is 28.4 Å². The number of nitrogens with zero attached hydrogens (tertiary/aromatic N) is 1. The number of hydrogen-bond acceptors (Lipinski definition) is 6. The van der Waals surface area contributed by atoms with Crippen molar-refractivity contribution in [1.29, 1.82) is 0 Å². The van der Waals surface area contributed by atoms with Gasteiger partial charge in [-0.2, -0.15) is 0 Å². The number of amides is 1. The van der Waals surface area contributed by atoms with Gasteiger partial charge in [0.25, 0.3) is 5.91 Å². The number of fused-ring (bicyclic) bond motifs is 1. The van der Waals surface area contributed by atoms with Crippen molar-refractivity contribution in [3.63, 3.8) is 0 Å². The van der Waals surface area contributed by atoms with E-state index in [1.807, 2.05) is 31.2 Å². The number of aromatic nitrogens is 1. The fourth-order valence-electron chi connectivity index (χ4n) is 3.91. The van der Waals surface area contributed by atoms with E-state index in [1.165, 1.54) is 6.20 Å². The third kappa shape index (κ3) is 6.02. The van der Waals surface area contributed by atoms with Crippen LogP contribution < -0.4 is 15.5 Å². The zero-order valence-electron chi connectivity index (χ0n) is 19.5. The lowest BCUT2D eigenvalue weighted by atomic mass is 10.1. The minimum Gasteiger partial charge on any atom is -0.492 e. The summed E-state index contributed by atoms with van der Waals surface area (Å²) in [5.74, 6) is 0.176. The van der Waals surface area contributed by atoms with E-state index in [0.717, 1.165) is 44.0 Å². The van der Waals surface area contributed by atoms with Crippen molar-refractivity contribution in [1.82, 2.24) is 15.2 Å². The van der Waals surface area contributed by atoms with Crippen LogP contribution in [0.5, 0.6) is 5.75 Å². The lowest BCUT2D eigenvalue weighted by molar-refractivity contribution is 0.0180. The van der Waals surface area contributed by atoms with Gasteiger partial charge in [0.2, 0.25) is 5.43 Å². The maximum absolute atomic E-state index is 12.8. The molecule has 2 heterocycles. The molecule has 1 amide bonds. The molecular formula is C26H31N3O5. The number of H-pyrrole nitrogens is 1. The summed E-state index contributed by atoms with van der Waals surface area (Å²) >= 11 is 0. The molecule has 0 aliphatic carbocycles. The lowest BCUT2D eigenvalue weighted by Gasteiger charge is -2.26. The van der Waals surface area contributed by atoms with Crippen molar-refractivity contribution < 1.29 is 19.0 Å². The van der Waals surface area contributed by atoms with Crippen LogP contribution in [0.25, 0.3) is 10.9 Å². The highest BCUT2D eigenvalue weighted by Gasteiger charge is 2.15. The summed E-state index contributed by atoms with van der Waals surface area (Å²) < 4.78 is 16.7. The summed E-state index contributed by atoms with van der Waals surface area (Å²) in [6.07, 6.45) is 1.44. The molecule has 2 aromatic carbocycles. The summed E-state index contributed by atoms with van der Waals surface area (Å²) in [6, 6.07) is 13.1. The van der Waals surface area contributed by atoms with Gasteiger partial charge in [0.1, 0.15) is 11.3 Å². The van der Waals surface area contributed by atoms with Crippen molar-refractivity contribution in [3.05, 3.63) is 75.6 Å². The summed E-state index contributed by atoms with van der Waals surface area (Å²) in [4.78, 5) is 30.9. The Kier molecular flexibility index (Phi) is 8.30. The van der Waals surface area contributed by atoms with Crippen molar-refractivity contribution >= 4 is 16.8 Å². The van der Waals surface area contributed by atoms with E-state index in [1.54, 1.807) is 18.2 Å². The number of carbonyl (C=O) groups excluding carboxylic acids is 1. The van der Waals surface area contributed by atoms with Gasteiger partial charge >= 0.3 is 0 Å². The molecule has 8 heteroatoms. The van der Waals surface area contributed by atoms with Crippen LogP contribution in [0.2, 0.25) is 0 Å². The van der Waals surface area contributed by atoms with E-state index >= 15 is 0 Å². The quantitative estimate of drug-likeness (QED) is 0.448. The molecule has 0 unspecified atom stereocenters. The number of rotatable bonds is 10. The van der Waals surface area contributed by atoms with Crippen LogP contribution in [0.3, 0.4) is 0 Å². The Balaban J connectivity index is 1.28. The van der Waals surface area contributed by atoms with Crippen LogP contribution in [-0.4, -0.2) is 61.9 Å². The molecule has 3 aromatic rings. The highest BCUT2D eigenvalue weighted by atomic mass is 16.5. The molecule has 0 bridgehead atoms. The molecule has 0 atom stereocenters. The van der Waals surface area contributed by atoms with E-state index < -0.39 is 5.91 Å². The van der Waals surface area contributed by atoms with Gasteiger partial charge in [0.15, 0.2) is 0 Å². The first-order valence-electron chi connectivity index (χ1n) is 11.7. The normalized spacial score (nSPS) is 14.3. The molecule has 180 valence electrons. The zero-order valence-corrected chi connectivity index (χ0v) is 19.5. The summed E-state index contributed by atoms with van der Waals surface area (Å²) in [5.41, 5.74) is 2.37. The molecule has 0 saturated carbocycles. The van der Waals surface area contributed by atoms with E-state index in [9.17, 15) is 9.59 Å². The minimum absolute atomic E-state index is 0.0754. The maximum atomic E-state index is 12.8. The highest BCUT2D eigenvalue weighted by Crippen LogP contribution is 2.21. The van der Waals surface area contributed by atoms with E-state index in [4.69, 9.17) is 14.2 Å². The van der Waals surface area contributed by atoms with Gasteiger partial charge in [-0.25, -0.2) is 0 Å². The highest BCUT2D eigenvalue weighted by molar-refractivity contribution is 5.97. The van der Waals surface area contributed by atoms with E-state index in [-0.39, 0.29) is 11.0 Å². The van der Waals surface area contributed by atoms with Gasteiger partial charge in [-0.15, -0.1) is 0 Å². The largest absolute Gasteiger partial charge is 0.492 e. The Hall–Kier alpha value is -3.20. The molecule has 2 N–H and O–H groups in total. The molecule has 4 rings (SSSR count). The fraction of sp³-hybridized carbons (Fsp3) is 0.385. The molecule has 1 aliphatic rings. The SMILES string of the molecule is CCOc1cccc2c(=O)c(C(=O)NCc3ccc(COCCN4CCOCC4)cc3)c[nH]c12. The minimum atomic E-state index is -0.416. The molecule has 0 radical (unpaired) electrons. The van der Waals surface area contributed by atoms with Gasteiger partial charge in [0.05, 0.1) is 43.9 Å². The molecule has 1 saturated heterocycles. The number of para-hydroxylation sites is 1. The molecular weight excluding hydrogens is 434 g/mol. The summed E-state index contributed by atoms with van der Waals surface area (Å²) in [5, 5.41) is 3.26. The summed E-state index contributed by atoms with van der Waals surface area (Å²) in [7, 11) is 0. The zero-order chi connectivity index (χ0) is 23.8. The topological polar surface area (TPSA) is 92.9 Å². The van der Waals surface area contributed by atoms with Gasteiger partial charge in [-0.3, -0.25) is 14.5 Å². The van der Waals surface area contributed by atoms with Crippen LogP contribution in [-0.2, 0) is 22.6 Å². The molecule has 1 aromatic heterocycles. The number of nitrogens with one attached hydrogen (secondary N) is 2. The Bertz CT molecular complexity index is 1150. The second kappa shape index (κ2) is 11.8. The van der Waals surface area contributed by atoms with Crippen molar-refractivity contribution in [2.45, 2.75) is 20.1 Å². The standard InChI is InChI=1S/C26H31N3O5/c1-2-34-23-5-3-4-21-24(23)27-17-22(25(21)30)26(31)28-16-19-6-8-20(9-7-19)18-33-15-12-29-10-13-32-14-11-29/h3-9,17H,2,10-16,18H2,1H3,(H,27,30)(H,28,31). The first-order chi connectivity index (χ1) is 16.7. The molecule has 1 fully saturated rings. The lowest BCUT2D eigenvalue weighted by Crippen LogP contribution is -2.38. The number of aromatic amines is 1. The predicted molar refractivity (Wildman–Crippen MR) is 130 cm³/mol. The Labute approximate surface area is 198 Å². The number of pyridine rings is 1. The Morgan fingerprint density at radius 3 is 2.65 bits per heavy atom. The predicted octanol–water partition coefficient (Wildman–Crippen LogP) is 2.71. The monoisotopic (exact) mass is 465 g/mol.